The summed E-state index contributed by atoms with van der Waals surface area (Å²) in [6.07, 6.45) is 17.5. The van der Waals surface area contributed by atoms with Gasteiger partial charge < -0.3 is 15.1 Å². The Hall–Kier alpha value is -3.85. The smallest absolute Gasteiger partial charge is 0.273 e. The maximum Gasteiger partial charge on any atom is 0.273 e. The standard InChI is InChI=1S/C36H43N5O/c1-4-5-19-36(21-22-36)20-9-10-27-11-13-28(14-12-27)29-15-17-30(18-16-29)37-33-31-25-41(26(2)3)34(42)32(31)38-35(39-33)40-23-7-6-8-24-40/h1,11-18,26H,5-10,19-25H2,2-3H3,(H,37,38,39). The van der Waals surface area contributed by atoms with E-state index < -0.39 is 0 Å². The zero-order chi connectivity index (χ0) is 29.1. The average molecular weight is 562 g/mol. The quantitative estimate of drug-likeness (QED) is 0.243. The maximum atomic E-state index is 13.2. The first-order valence-corrected chi connectivity index (χ1v) is 15.8. The molecule has 6 nitrogen and oxygen atoms in total. The van der Waals surface area contributed by atoms with E-state index in [9.17, 15) is 4.79 Å². The van der Waals surface area contributed by atoms with Gasteiger partial charge in [0.05, 0.1) is 6.54 Å². The number of fused-ring (bicyclic) bond motifs is 1. The number of carbonyl (C=O) groups is 1. The predicted molar refractivity (Wildman–Crippen MR) is 171 cm³/mol. The van der Waals surface area contributed by atoms with E-state index in [-0.39, 0.29) is 11.9 Å². The van der Waals surface area contributed by atoms with Crippen LogP contribution in [0, 0.1) is 17.8 Å². The number of nitrogens with zero attached hydrogens (tertiary/aromatic N) is 4. The summed E-state index contributed by atoms with van der Waals surface area (Å²) in [6, 6.07) is 17.6. The van der Waals surface area contributed by atoms with Gasteiger partial charge in [0.15, 0.2) is 0 Å². The summed E-state index contributed by atoms with van der Waals surface area (Å²) in [7, 11) is 0. The summed E-state index contributed by atoms with van der Waals surface area (Å²) in [4.78, 5) is 27.1. The minimum absolute atomic E-state index is 0.00144. The van der Waals surface area contributed by atoms with Gasteiger partial charge in [-0.3, -0.25) is 4.79 Å². The second-order valence-electron chi connectivity index (χ2n) is 12.7. The summed E-state index contributed by atoms with van der Waals surface area (Å²) >= 11 is 0. The Morgan fingerprint density at radius 3 is 2.29 bits per heavy atom. The number of aryl methyl sites for hydroxylation is 1. The average Bonchev–Trinajstić information content (AvgIpc) is 3.71. The first kappa shape index (κ1) is 28.3. The van der Waals surface area contributed by atoms with E-state index in [4.69, 9.17) is 16.4 Å². The number of carbonyl (C=O) groups excluding carboxylic acids is 1. The SMILES string of the molecule is C#CCCC1(CCCc2ccc(-c3ccc(Nc4nc(N5CCCCC5)nc5c4CN(C(C)C)C5=O)cc3)cc2)CC1. The molecule has 2 aliphatic heterocycles. The van der Waals surface area contributed by atoms with E-state index in [1.54, 1.807) is 0 Å². The number of benzene rings is 2. The minimum atomic E-state index is -0.00144. The molecule has 0 bridgehead atoms. The van der Waals surface area contributed by atoms with E-state index >= 15 is 0 Å². The van der Waals surface area contributed by atoms with Gasteiger partial charge >= 0.3 is 0 Å². The van der Waals surface area contributed by atoms with Crippen LogP contribution in [0.5, 0.6) is 0 Å². The molecule has 1 amide bonds. The zero-order valence-corrected chi connectivity index (χ0v) is 25.2. The van der Waals surface area contributed by atoms with Crippen molar-refractivity contribution in [3.05, 3.63) is 65.4 Å². The summed E-state index contributed by atoms with van der Waals surface area (Å²) in [6.45, 7) is 6.49. The normalized spacial score (nSPS) is 17.3. The van der Waals surface area contributed by atoms with E-state index in [0.29, 0.717) is 23.6 Å². The van der Waals surface area contributed by atoms with Crippen LogP contribution in [0.15, 0.2) is 48.5 Å². The first-order chi connectivity index (χ1) is 20.4. The lowest BCUT2D eigenvalue weighted by Gasteiger charge is -2.27. The van der Waals surface area contributed by atoms with Gasteiger partial charge in [-0.05, 0) is 106 Å². The highest BCUT2D eigenvalue weighted by molar-refractivity contribution is 5.98. The fourth-order valence-electron chi connectivity index (χ4n) is 6.49. The molecule has 42 heavy (non-hydrogen) atoms. The van der Waals surface area contributed by atoms with Crippen LogP contribution in [-0.2, 0) is 13.0 Å². The largest absolute Gasteiger partial charge is 0.341 e. The first-order valence-electron chi connectivity index (χ1n) is 15.8. The van der Waals surface area contributed by atoms with Crippen LogP contribution in [0.25, 0.3) is 11.1 Å². The lowest BCUT2D eigenvalue weighted by molar-refractivity contribution is 0.0726. The Bertz CT molecular complexity index is 1440. The Balaban J connectivity index is 1.13. The van der Waals surface area contributed by atoms with Crippen molar-refractivity contribution in [1.29, 1.82) is 0 Å². The van der Waals surface area contributed by atoms with E-state index in [0.717, 1.165) is 55.8 Å². The van der Waals surface area contributed by atoms with Crippen LogP contribution in [0.3, 0.4) is 0 Å². The molecule has 1 saturated carbocycles. The number of rotatable bonds is 11. The van der Waals surface area contributed by atoms with Crippen LogP contribution in [-0.4, -0.2) is 39.9 Å². The number of anilines is 3. The van der Waals surface area contributed by atoms with Gasteiger partial charge in [0.25, 0.3) is 5.91 Å². The molecule has 1 aliphatic carbocycles. The highest BCUT2D eigenvalue weighted by atomic mass is 16.2. The van der Waals surface area contributed by atoms with Crippen LogP contribution in [0.4, 0.5) is 17.5 Å². The molecule has 1 saturated heterocycles. The molecule has 1 aromatic heterocycles. The predicted octanol–water partition coefficient (Wildman–Crippen LogP) is 7.76. The molecule has 218 valence electrons. The van der Waals surface area contributed by atoms with Crippen LogP contribution < -0.4 is 10.2 Å². The van der Waals surface area contributed by atoms with Gasteiger partial charge in [-0.1, -0.05) is 36.4 Å². The molecule has 1 N–H and O–H groups in total. The number of terminal acetylenes is 1. The fraction of sp³-hybridized carbons (Fsp3) is 0.472. The van der Waals surface area contributed by atoms with Crippen molar-refractivity contribution in [3.63, 3.8) is 0 Å². The Morgan fingerprint density at radius 2 is 1.64 bits per heavy atom. The molecule has 0 atom stereocenters. The summed E-state index contributed by atoms with van der Waals surface area (Å²) in [5.41, 5.74) is 6.72. The number of aromatic nitrogens is 2. The van der Waals surface area contributed by atoms with Gasteiger partial charge in [-0.2, -0.15) is 4.98 Å². The van der Waals surface area contributed by atoms with Crippen LogP contribution >= 0.6 is 0 Å². The molecule has 0 unspecified atom stereocenters. The lowest BCUT2D eigenvalue weighted by Crippen LogP contribution is -2.32. The zero-order valence-electron chi connectivity index (χ0n) is 25.2. The number of hydrogen-bond donors (Lipinski definition) is 1. The van der Waals surface area contributed by atoms with Gasteiger partial charge in [0.1, 0.15) is 11.5 Å². The van der Waals surface area contributed by atoms with Crippen molar-refractivity contribution in [2.24, 2.45) is 5.41 Å². The second-order valence-corrected chi connectivity index (χ2v) is 12.7. The fourth-order valence-corrected chi connectivity index (χ4v) is 6.49. The van der Waals surface area contributed by atoms with Crippen molar-refractivity contribution in [1.82, 2.24) is 14.9 Å². The highest BCUT2D eigenvalue weighted by Crippen LogP contribution is 2.53. The lowest BCUT2D eigenvalue weighted by atomic mass is 9.92. The van der Waals surface area contributed by atoms with Gasteiger partial charge in [0, 0.05) is 36.8 Å². The van der Waals surface area contributed by atoms with Gasteiger partial charge in [0.2, 0.25) is 5.95 Å². The molecule has 3 aliphatic rings. The third-order valence-corrected chi connectivity index (χ3v) is 9.41. The Labute approximate surface area is 250 Å². The number of hydrogen-bond acceptors (Lipinski definition) is 5. The summed E-state index contributed by atoms with van der Waals surface area (Å²) < 4.78 is 0. The molecule has 6 heteroatoms. The van der Waals surface area contributed by atoms with E-state index in [1.165, 1.54) is 55.2 Å². The highest BCUT2D eigenvalue weighted by Gasteiger charge is 2.40. The summed E-state index contributed by atoms with van der Waals surface area (Å²) in [5.74, 6) is 4.21. The molecule has 2 fully saturated rings. The van der Waals surface area contributed by atoms with Crippen molar-refractivity contribution < 1.29 is 4.79 Å². The van der Waals surface area contributed by atoms with Gasteiger partial charge in [-0.25, -0.2) is 4.98 Å². The van der Waals surface area contributed by atoms with Crippen molar-refractivity contribution >= 4 is 23.4 Å². The third-order valence-electron chi connectivity index (χ3n) is 9.41. The number of nitrogens with one attached hydrogen (secondary N) is 1. The molecule has 0 spiro atoms. The van der Waals surface area contributed by atoms with E-state index in [2.05, 4.69) is 64.7 Å². The Kier molecular flexibility index (Phi) is 8.20. The van der Waals surface area contributed by atoms with Crippen LogP contribution in [0.2, 0.25) is 0 Å². The van der Waals surface area contributed by atoms with Crippen molar-refractivity contribution in [3.8, 4) is 23.5 Å². The number of piperidine rings is 1. The molecule has 0 radical (unpaired) electrons. The molecular formula is C36H43N5O. The molecule has 2 aromatic carbocycles. The monoisotopic (exact) mass is 561 g/mol. The summed E-state index contributed by atoms with van der Waals surface area (Å²) in [5, 5.41) is 3.54. The molecule has 6 rings (SSSR count). The molecule has 3 aromatic rings. The third kappa shape index (κ3) is 6.16. The molecular weight excluding hydrogens is 518 g/mol. The van der Waals surface area contributed by atoms with Crippen molar-refractivity contribution in [2.45, 2.75) is 90.6 Å². The minimum Gasteiger partial charge on any atom is -0.341 e. The Morgan fingerprint density at radius 1 is 0.952 bits per heavy atom. The topological polar surface area (TPSA) is 61.4 Å². The van der Waals surface area contributed by atoms with E-state index in [1.807, 2.05) is 18.7 Å². The number of amides is 1. The van der Waals surface area contributed by atoms with Gasteiger partial charge in [-0.15, -0.1) is 12.3 Å². The van der Waals surface area contributed by atoms with Crippen LogP contribution in [0.1, 0.15) is 93.3 Å². The molecule has 3 heterocycles. The second kappa shape index (κ2) is 12.2. The van der Waals surface area contributed by atoms with Crippen molar-refractivity contribution in [2.75, 3.05) is 23.3 Å². The maximum absolute atomic E-state index is 13.2.